The summed E-state index contributed by atoms with van der Waals surface area (Å²) in [7, 11) is 1.43. The molecule has 0 aliphatic carbocycles. The largest absolute Gasteiger partial charge is 0.380 e. The maximum absolute atomic E-state index is 14.1. The average Bonchev–Trinajstić information content (AvgIpc) is 2.97. The Morgan fingerprint density at radius 2 is 2.18 bits per heavy atom. The summed E-state index contributed by atoms with van der Waals surface area (Å²) >= 11 is 0. The van der Waals surface area contributed by atoms with Crippen LogP contribution in [0.2, 0.25) is 0 Å². The number of halogens is 2. The minimum absolute atomic E-state index is 0.0797. The van der Waals surface area contributed by atoms with Gasteiger partial charge in [0.15, 0.2) is 0 Å². The maximum Gasteiger partial charge on any atom is 0.146 e. The van der Waals surface area contributed by atoms with Crippen LogP contribution < -0.4 is 0 Å². The van der Waals surface area contributed by atoms with Gasteiger partial charge in [0.05, 0.1) is 12.6 Å². The molecule has 0 saturated heterocycles. The van der Waals surface area contributed by atoms with Gasteiger partial charge in [-0.05, 0) is 13.0 Å². The van der Waals surface area contributed by atoms with Gasteiger partial charge in [-0.15, -0.1) is 0 Å². The third-order valence-corrected chi connectivity index (χ3v) is 3.38. The van der Waals surface area contributed by atoms with Gasteiger partial charge in [-0.2, -0.15) is 5.10 Å². The van der Waals surface area contributed by atoms with Crippen molar-refractivity contribution in [2.45, 2.75) is 25.2 Å². The zero-order valence-corrected chi connectivity index (χ0v) is 12.2. The molecule has 0 radical (unpaired) electrons. The highest BCUT2D eigenvalue weighted by molar-refractivity contribution is 5.26. The van der Waals surface area contributed by atoms with Gasteiger partial charge in [0.2, 0.25) is 0 Å². The number of ether oxygens (including phenoxy) is 2. The normalized spacial score (nSPS) is 15.5. The van der Waals surface area contributed by atoms with E-state index < -0.39 is 23.3 Å². The van der Waals surface area contributed by atoms with Crippen molar-refractivity contribution in [2.24, 2.45) is 0 Å². The molecule has 120 valence electrons. The van der Waals surface area contributed by atoms with Crippen LogP contribution in [0.1, 0.15) is 12.5 Å². The Bertz CT molecular complexity index is 609. The smallest absolute Gasteiger partial charge is 0.146 e. The van der Waals surface area contributed by atoms with Crippen LogP contribution in [0.3, 0.4) is 0 Å². The van der Waals surface area contributed by atoms with Crippen LogP contribution in [0, 0.1) is 11.6 Å². The summed E-state index contributed by atoms with van der Waals surface area (Å²) in [4.78, 5) is 3.78. The van der Waals surface area contributed by atoms with Crippen molar-refractivity contribution in [3.8, 4) is 0 Å². The van der Waals surface area contributed by atoms with E-state index in [9.17, 15) is 13.9 Å². The topological polar surface area (TPSA) is 69.4 Å². The number of aliphatic hydroxyl groups is 1. The first kappa shape index (κ1) is 16.5. The number of hydrogen-bond acceptors (Lipinski definition) is 5. The zero-order chi connectivity index (χ0) is 16.2. The molecule has 8 heteroatoms. The lowest BCUT2D eigenvalue weighted by Gasteiger charge is -2.34. The van der Waals surface area contributed by atoms with Gasteiger partial charge in [-0.1, -0.05) is 6.07 Å². The standard InChI is InChI=1S/C14H17F2N3O3/c1-10(22-9-21-2)14(20,6-19-8-17-7-18-19)12-4-3-11(15)5-13(12)16/h3-5,7-8,10,20H,6,9H2,1-2H3/t10-,14-/m1/s1. The van der Waals surface area contributed by atoms with Crippen LogP contribution in [0.4, 0.5) is 8.78 Å². The molecule has 1 aromatic heterocycles. The minimum atomic E-state index is -1.77. The molecule has 0 unspecified atom stereocenters. The Morgan fingerprint density at radius 1 is 1.41 bits per heavy atom. The molecule has 6 nitrogen and oxygen atoms in total. The summed E-state index contributed by atoms with van der Waals surface area (Å²) < 4.78 is 38.7. The van der Waals surface area contributed by atoms with Crippen LogP contribution >= 0.6 is 0 Å². The predicted molar refractivity (Wildman–Crippen MR) is 72.7 cm³/mol. The quantitative estimate of drug-likeness (QED) is 0.784. The molecular formula is C14H17F2N3O3. The molecule has 0 aliphatic rings. The fourth-order valence-corrected chi connectivity index (χ4v) is 2.14. The lowest BCUT2D eigenvalue weighted by Crippen LogP contribution is -2.44. The molecule has 22 heavy (non-hydrogen) atoms. The molecule has 0 saturated carbocycles. The van der Waals surface area contributed by atoms with E-state index in [1.54, 1.807) is 6.92 Å². The van der Waals surface area contributed by atoms with Crippen molar-refractivity contribution in [1.29, 1.82) is 0 Å². The van der Waals surface area contributed by atoms with Crippen molar-refractivity contribution in [3.63, 3.8) is 0 Å². The number of hydrogen-bond donors (Lipinski definition) is 1. The summed E-state index contributed by atoms with van der Waals surface area (Å²) in [5.41, 5.74) is -1.86. The number of rotatable bonds is 7. The Hall–Kier alpha value is -1.90. The lowest BCUT2D eigenvalue weighted by atomic mass is 9.88. The summed E-state index contributed by atoms with van der Waals surface area (Å²) in [5, 5.41) is 14.9. The fraction of sp³-hybridized carbons (Fsp3) is 0.429. The summed E-state index contributed by atoms with van der Waals surface area (Å²) in [6.45, 7) is 1.38. The van der Waals surface area contributed by atoms with Crippen LogP contribution in [0.15, 0.2) is 30.9 Å². The Kier molecular flexibility index (Phi) is 5.17. The van der Waals surface area contributed by atoms with Gasteiger partial charge in [0, 0.05) is 18.7 Å². The van der Waals surface area contributed by atoms with Crippen LogP contribution in [0.5, 0.6) is 0 Å². The molecule has 1 N–H and O–H groups in total. The molecule has 0 fully saturated rings. The van der Waals surface area contributed by atoms with Crippen LogP contribution in [-0.2, 0) is 21.6 Å². The third-order valence-electron chi connectivity index (χ3n) is 3.38. The summed E-state index contributed by atoms with van der Waals surface area (Å²) in [6, 6.07) is 2.98. The van der Waals surface area contributed by atoms with Crippen molar-refractivity contribution in [1.82, 2.24) is 14.8 Å². The highest BCUT2D eigenvalue weighted by atomic mass is 19.1. The van der Waals surface area contributed by atoms with Gasteiger partial charge < -0.3 is 14.6 Å². The van der Waals surface area contributed by atoms with E-state index in [-0.39, 0.29) is 18.9 Å². The maximum atomic E-state index is 14.1. The fourth-order valence-electron chi connectivity index (χ4n) is 2.14. The third kappa shape index (κ3) is 3.46. The van der Waals surface area contributed by atoms with E-state index in [0.717, 1.165) is 6.07 Å². The van der Waals surface area contributed by atoms with Gasteiger partial charge in [-0.25, -0.2) is 18.4 Å². The Morgan fingerprint density at radius 3 is 2.77 bits per heavy atom. The monoisotopic (exact) mass is 313 g/mol. The molecule has 2 aromatic rings. The van der Waals surface area contributed by atoms with Gasteiger partial charge >= 0.3 is 0 Å². The molecular weight excluding hydrogens is 296 g/mol. The molecule has 0 spiro atoms. The molecule has 1 heterocycles. The number of aromatic nitrogens is 3. The molecule has 0 aliphatic heterocycles. The summed E-state index contributed by atoms with van der Waals surface area (Å²) in [6.07, 6.45) is 1.84. The van der Waals surface area contributed by atoms with Gasteiger partial charge in [-0.3, -0.25) is 0 Å². The second-order valence-corrected chi connectivity index (χ2v) is 4.86. The van der Waals surface area contributed by atoms with E-state index in [2.05, 4.69) is 10.1 Å². The van der Waals surface area contributed by atoms with Gasteiger partial charge in [0.25, 0.3) is 0 Å². The van der Waals surface area contributed by atoms with E-state index in [4.69, 9.17) is 9.47 Å². The Balaban J connectivity index is 2.39. The van der Waals surface area contributed by atoms with Crippen molar-refractivity contribution >= 4 is 0 Å². The summed E-state index contributed by atoms with van der Waals surface area (Å²) in [5.74, 6) is -1.59. The lowest BCUT2D eigenvalue weighted by molar-refractivity contribution is -0.160. The van der Waals surface area contributed by atoms with E-state index in [1.165, 1.54) is 30.5 Å². The molecule has 0 amide bonds. The zero-order valence-electron chi connectivity index (χ0n) is 12.2. The van der Waals surface area contributed by atoms with Gasteiger partial charge in [0.1, 0.15) is 36.7 Å². The number of benzene rings is 1. The molecule has 2 rings (SSSR count). The average molecular weight is 313 g/mol. The predicted octanol–water partition coefficient (Wildman–Crippen LogP) is 1.45. The Labute approximate surface area is 126 Å². The highest BCUT2D eigenvalue weighted by Gasteiger charge is 2.40. The number of nitrogens with zero attached hydrogens (tertiary/aromatic N) is 3. The van der Waals surface area contributed by atoms with E-state index in [0.29, 0.717) is 6.07 Å². The molecule has 1 aromatic carbocycles. The second-order valence-electron chi connectivity index (χ2n) is 4.86. The van der Waals surface area contributed by atoms with Crippen molar-refractivity contribution < 1.29 is 23.4 Å². The van der Waals surface area contributed by atoms with Crippen molar-refractivity contribution in [2.75, 3.05) is 13.9 Å². The van der Waals surface area contributed by atoms with E-state index >= 15 is 0 Å². The first-order valence-electron chi connectivity index (χ1n) is 6.58. The minimum Gasteiger partial charge on any atom is -0.380 e. The number of methoxy groups -OCH3 is 1. The van der Waals surface area contributed by atoms with Crippen molar-refractivity contribution in [3.05, 3.63) is 48.1 Å². The highest BCUT2D eigenvalue weighted by Crippen LogP contribution is 2.31. The van der Waals surface area contributed by atoms with E-state index in [1.807, 2.05) is 0 Å². The van der Waals surface area contributed by atoms with Crippen LogP contribution in [-0.4, -0.2) is 39.9 Å². The molecule has 2 atom stereocenters. The first-order valence-corrected chi connectivity index (χ1v) is 6.58. The molecule has 0 bridgehead atoms. The second kappa shape index (κ2) is 6.91. The SMILES string of the molecule is COCO[C@H](C)[C@](O)(Cn1cncn1)c1ccc(F)cc1F. The first-order chi connectivity index (χ1) is 10.5. The van der Waals surface area contributed by atoms with Crippen LogP contribution in [0.25, 0.3) is 0 Å².